The molecule has 0 saturated carbocycles. The molecule has 3 rings (SSSR count). The number of hydrogen-bond donors (Lipinski definition) is 0. The quantitative estimate of drug-likeness (QED) is 0.871. The Hall–Kier alpha value is -2.33. The highest BCUT2D eigenvalue weighted by Gasteiger charge is 2.28. The Kier molecular flexibility index (Phi) is 4.93. The van der Waals surface area contributed by atoms with E-state index in [0.29, 0.717) is 19.8 Å². The summed E-state index contributed by atoms with van der Waals surface area (Å²) in [5.41, 5.74) is 2.21. The summed E-state index contributed by atoms with van der Waals surface area (Å²) in [6.07, 6.45) is 0. The molecule has 23 heavy (non-hydrogen) atoms. The monoisotopic (exact) mass is 311 g/mol. The van der Waals surface area contributed by atoms with Crippen molar-refractivity contribution in [1.82, 2.24) is 4.90 Å². The van der Waals surface area contributed by atoms with Crippen LogP contribution < -0.4 is 4.74 Å². The van der Waals surface area contributed by atoms with Crippen molar-refractivity contribution in [1.29, 1.82) is 0 Å². The number of hydrogen-bond acceptors (Lipinski definition) is 3. The zero-order valence-electron chi connectivity index (χ0n) is 13.3. The molecule has 1 aliphatic heterocycles. The minimum atomic E-state index is -0.0430. The van der Waals surface area contributed by atoms with Crippen LogP contribution in [0.15, 0.2) is 54.6 Å². The van der Waals surface area contributed by atoms with Gasteiger partial charge < -0.3 is 14.4 Å². The van der Waals surface area contributed by atoms with Gasteiger partial charge in [-0.05, 0) is 30.2 Å². The van der Waals surface area contributed by atoms with Crippen LogP contribution in [0.5, 0.6) is 5.75 Å². The average molecular weight is 311 g/mol. The molecule has 1 unspecified atom stereocenters. The van der Waals surface area contributed by atoms with Crippen molar-refractivity contribution >= 4 is 5.91 Å². The molecule has 120 valence electrons. The van der Waals surface area contributed by atoms with Crippen LogP contribution in [0.25, 0.3) is 0 Å². The Morgan fingerprint density at radius 2 is 2.04 bits per heavy atom. The number of carbonyl (C=O) groups is 1. The molecule has 1 heterocycles. The minimum Gasteiger partial charge on any atom is -0.484 e. The second-order valence-electron chi connectivity index (χ2n) is 5.69. The van der Waals surface area contributed by atoms with E-state index < -0.39 is 0 Å². The molecular formula is C19H21NO3. The molecule has 1 fully saturated rings. The zero-order valence-corrected chi connectivity index (χ0v) is 13.3. The van der Waals surface area contributed by atoms with Crippen molar-refractivity contribution in [3.8, 4) is 5.75 Å². The summed E-state index contributed by atoms with van der Waals surface area (Å²) in [5.74, 6) is 0.714. The molecule has 2 aromatic carbocycles. The maximum Gasteiger partial charge on any atom is 0.261 e. The van der Waals surface area contributed by atoms with Crippen molar-refractivity contribution in [2.45, 2.75) is 13.0 Å². The highest BCUT2D eigenvalue weighted by Crippen LogP contribution is 2.24. The number of amides is 1. The topological polar surface area (TPSA) is 38.8 Å². The first-order valence-electron chi connectivity index (χ1n) is 7.85. The largest absolute Gasteiger partial charge is 0.484 e. The lowest BCUT2D eigenvalue weighted by molar-refractivity contribution is -0.142. The highest BCUT2D eigenvalue weighted by atomic mass is 16.5. The van der Waals surface area contributed by atoms with Crippen LogP contribution in [-0.2, 0) is 9.53 Å². The van der Waals surface area contributed by atoms with Crippen LogP contribution >= 0.6 is 0 Å². The summed E-state index contributed by atoms with van der Waals surface area (Å²) in [6, 6.07) is 17.7. The van der Waals surface area contributed by atoms with Crippen molar-refractivity contribution in [3.05, 3.63) is 65.7 Å². The van der Waals surface area contributed by atoms with Gasteiger partial charge in [-0.2, -0.15) is 0 Å². The standard InChI is InChI=1S/C19H21NO3/c1-15-6-5-9-17(12-15)23-14-19(21)20-10-11-22-13-18(20)16-7-3-2-4-8-16/h2-9,12,18H,10-11,13-14H2,1H3. The minimum absolute atomic E-state index is 0.0105. The summed E-state index contributed by atoms with van der Waals surface area (Å²) in [5, 5.41) is 0. The molecule has 2 aromatic rings. The van der Waals surface area contributed by atoms with Gasteiger partial charge in [0, 0.05) is 6.54 Å². The van der Waals surface area contributed by atoms with E-state index in [-0.39, 0.29) is 18.6 Å². The molecule has 0 aromatic heterocycles. The van der Waals surface area contributed by atoms with Crippen LogP contribution in [0.1, 0.15) is 17.2 Å². The summed E-state index contributed by atoms with van der Waals surface area (Å²) in [6.45, 7) is 3.74. The summed E-state index contributed by atoms with van der Waals surface area (Å²) in [7, 11) is 0. The normalized spacial score (nSPS) is 17.8. The Bertz CT molecular complexity index is 657. The molecule has 0 aliphatic carbocycles. The van der Waals surface area contributed by atoms with Gasteiger partial charge in [0.15, 0.2) is 6.61 Å². The van der Waals surface area contributed by atoms with E-state index >= 15 is 0 Å². The molecule has 0 bridgehead atoms. The van der Waals surface area contributed by atoms with Gasteiger partial charge in [-0.15, -0.1) is 0 Å². The molecule has 1 saturated heterocycles. The van der Waals surface area contributed by atoms with Gasteiger partial charge in [0.05, 0.1) is 19.3 Å². The smallest absolute Gasteiger partial charge is 0.261 e. The number of ether oxygens (including phenoxy) is 2. The maximum atomic E-state index is 12.6. The van der Waals surface area contributed by atoms with Gasteiger partial charge in [0.25, 0.3) is 5.91 Å². The van der Waals surface area contributed by atoms with E-state index in [4.69, 9.17) is 9.47 Å². The number of aryl methyl sites for hydroxylation is 1. The Labute approximate surface area is 136 Å². The van der Waals surface area contributed by atoms with Crippen LogP contribution in [0.2, 0.25) is 0 Å². The van der Waals surface area contributed by atoms with Crippen molar-refractivity contribution < 1.29 is 14.3 Å². The number of rotatable bonds is 4. The fourth-order valence-electron chi connectivity index (χ4n) is 2.79. The SMILES string of the molecule is Cc1cccc(OCC(=O)N2CCOCC2c2ccccc2)c1. The maximum absolute atomic E-state index is 12.6. The summed E-state index contributed by atoms with van der Waals surface area (Å²) >= 11 is 0. The molecule has 1 atom stereocenters. The number of carbonyl (C=O) groups excluding carboxylic acids is 1. The van der Waals surface area contributed by atoms with Gasteiger partial charge in [-0.3, -0.25) is 4.79 Å². The van der Waals surface area contributed by atoms with Gasteiger partial charge >= 0.3 is 0 Å². The second kappa shape index (κ2) is 7.29. The Balaban J connectivity index is 1.67. The van der Waals surface area contributed by atoms with Gasteiger partial charge in [0.1, 0.15) is 5.75 Å². The lowest BCUT2D eigenvalue weighted by Gasteiger charge is -2.35. The van der Waals surface area contributed by atoms with E-state index in [0.717, 1.165) is 16.9 Å². The van der Waals surface area contributed by atoms with Crippen molar-refractivity contribution in [2.75, 3.05) is 26.4 Å². The van der Waals surface area contributed by atoms with Crippen LogP contribution in [0.3, 0.4) is 0 Å². The number of morpholine rings is 1. The summed E-state index contributed by atoms with van der Waals surface area (Å²) < 4.78 is 11.2. The third-order valence-electron chi connectivity index (χ3n) is 3.99. The fourth-order valence-corrected chi connectivity index (χ4v) is 2.79. The van der Waals surface area contributed by atoms with E-state index in [1.54, 1.807) is 0 Å². The van der Waals surface area contributed by atoms with E-state index in [9.17, 15) is 4.79 Å². The molecule has 0 N–H and O–H groups in total. The van der Waals surface area contributed by atoms with Crippen molar-refractivity contribution in [2.24, 2.45) is 0 Å². The third kappa shape index (κ3) is 3.90. The molecule has 4 nitrogen and oxygen atoms in total. The Morgan fingerprint density at radius 1 is 1.22 bits per heavy atom. The van der Waals surface area contributed by atoms with Crippen molar-refractivity contribution in [3.63, 3.8) is 0 Å². The number of nitrogens with zero attached hydrogens (tertiary/aromatic N) is 1. The van der Waals surface area contributed by atoms with Crippen LogP contribution in [0.4, 0.5) is 0 Å². The molecule has 0 radical (unpaired) electrons. The molecule has 1 aliphatic rings. The second-order valence-corrected chi connectivity index (χ2v) is 5.69. The van der Waals surface area contributed by atoms with E-state index in [1.165, 1.54) is 0 Å². The summed E-state index contributed by atoms with van der Waals surface area (Å²) in [4.78, 5) is 14.4. The van der Waals surface area contributed by atoms with Gasteiger partial charge in [-0.1, -0.05) is 42.5 Å². The predicted molar refractivity (Wildman–Crippen MR) is 88.4 cm³/mol. The van der Waals surface area contributed by atoms with Gasteiger partial charge in [-0.25, -0.2) is 0 Å². The third-order valence-corrected chi connectivity index (χ3v) is 3.99. The lowest BCUT2D eigenvalue weighted by atomic mass is 10.1. The number of benzene rings is 2. The van der Waals surface area contributed by atoms with Crippen LogP contribution in [0, 0.1) is 6.92 Å². The molecule has 1 amide bonds. The van der Waals surface area contributed by atoms with Crippen LogP contribution in [-0.4, -0.2) is 37.2 Å². The first-order valence-corrected chi connectivity index (χ1v) is 7.85. The fraction of sp³-hybridized carbons (Fsp3) is 0.316. The molecular weight excluding hydrogens is 290 g/mol. The van der Waals surface area contributed by atoms with E-state index in [2.05, 4.69) is 0 Å². The van der Waals surface area contributed by atoms with E-state index in [1.807, 2.05) is 66.4 Å². The first-order chi connectivity index (χ1) is 11.2. The lowest BCUT2D eigenvalue weighted by Crippen LogP contribution is -2.45. The van der Waals surface area contributed by atoms with Gasteiger partial charge in [0.2, 0.25) is 0 Å². The zero-order chi connectivity index (χ0) is 16.1. The first kappa shape index (κ1) is 15.6. The highest BCUT2D eigenvalue weighted by molar-refractivity contribution is 5.78. The average Bonchev–Trinajstić information content (AvgIpc) is 2.60. The molecule has 0 spiro atoms. The molecule has 4 heteroatoms. The predicted octanol–water partition coefficient (Wildman–Crippen LogP) is 2.97. The Morgan fingerprint density at radius 3 is 2.83 bits per heavy atom.